The lowest BCUT2D eigenvalue weighted by Gasteiger charge is -2.30. The number of nitrogens with one attached hydrogen (secondary N) is 1. The highest BCUT2D eigenvalue weighted by molar-refractivity contribution is 5.87. The van der Waals surface area contributed by atoms with Crippen molar-refractivity contribution in [2.24, 2.45) is 0 Å². The first-order valence-corrected chi connectivity index (χ1v) is 9.83. The molecule has 5 nitrogen and oxygen atoms in total. The van der Waals surface area contributed by atoms with Crippen molar-refractivity contribution < 1.29 is 14.3 Å². The van der Waals surface area contributed by atoms with Crippen LogP contribution in [0.4, 0.5) is 0 Å². The summed E-state index contributed by atoms with van der Waals surface area (Å²) in [5.41, 5.74) is 2.09. The molecule has 0 bridgehead atoms. The number of methoxy groups -OCH3 is 1. The van der Waals surface area contributed by atoms with Crippen molar-refractivity contribution in [2.45, 2.75) is 45.7 Å². The molecule has 150 valence electrons. The molecule has 0 radical (unpaired) electrons. The summed E-state index contributed by atoms with van der Waals surface area (Å²) in [6.45, 7) is 4.76. The van der Waals surface area contributed by atoms with Gasteiger partial charge in [0.2, 0.25) is 11.8 Å². The maximum atomic E-state index is 13.1. The first-order valence-electron chi connectivity index (χ1n) is 9.83. The number of ether oxygens (including phenoxy) is 1. The number of aryl methyl sites for hydroxylation is 1. The fourth-order valence-corrected chi connectivity index (χ4v) is 3.18. The molecule has 0 aromatic heterocycles. The van der Waals surface area contributed by atoms with E-state index in [0.717, 1.165) is 16.9 Å². The summed E-state index contributed by atoms with van der Waals surface area (Å²) >= 11 is 0. The van der Waals surface area contributed by atoms with Crippen molar-refractivity contribution >= 4 is 11.8 Å². The summed E-state index contributed by atoms with van der Waals surface area (Å²) < 4.78 is 5.20. The number of rotatable bonds is 10. The minimum atomic E-state index is -0.481. The van der Waals surface area contributed by atoms with Gasteiger partial charge in [0, 0.05) is 19.5 Å². The van der Waals surface area contributed by atoms with Crippen LogP contribution >= 0.6 is 0 Å². The summed E-state index contributed by atoms with van der Waals surface area (Å²) in [5.74, 6) is 0.644. The Hall–Kier alpha value is -2.82. The zero-order chi connectivity index (χ0) is 20.4. The predicted molar refractivity (Wildman–Crippen MR) is 111 cm³/mol. The van der Waals surface area contributed by atoms with Gasteiger partial charge in [-0.05, 0) is 43.0 Å². The number of hydrogen-bond acceptors (Lipinski definition) is 3. The van der Waals surface area contributed by atoms with Gasteiger partial charge in [0.1, 0.15) is 11.8 Å². The Morgan fingerprint density at radius 2 is 1.68 bits per heavy atom. The topological polar surface area (TPSA) is 58.6 Å². The smallest absolute Gasteiger partial charge is 0.242 e. The molecular formula is C23H30N2O3. The number of carbonyl (C=O) groups excluding carboxylic acids is 2. The molecular weight excluding hydrogens is 352 g/mol. The van der Waals surface area contributed by atoms with E-state index in [0.29, 0.717) is 32.4 Å². The molecule has 0 fully saturated rings. The van der Waals surface area contributed by atoms with Crippen LogP contribution < -0.4 is 10.1 Å². The number of carbonyl (C=O) groups is 2. The molecule has 0 spiro atoms. The zero-order valence-corrected chi connectivity index (χ0v) is 17.0. The van der Waals surface area contributed by atoms with Gasteiger partial charge in [-0.25, -0.2) is 0 Å². The maximum absolute atomic E-state index is 13.1. The van der Waals surface area contributed by atoms with Gasteiger partial charge < -0.3 is 15.0 Å². The van der Waals surface area contributed by atoms with Gasteiger partial charge in [0.15, 0.2) is 0 Å². The first-order chi connectivity index (χ1) is 13.6. The predicted octanol–water partition coefficient (Wildman–Crippen LogP) is 3.57. The molecule has 2 aromatic carbocycles. The van der Waals surface area contributed by atoms with Crippen LogP contribution in [0.15, 0.2) is 54.6 Å². The molecule has 2 aromatic rings. The Morgan fingerprint density at radius 3 is 2.25 bits per heavy atom. The van der Waals surface area contributed by atoms with Crippen molar-refractivity contribution in [3.63, 3.8) is 0 Å². The number of benzene rings is 2. The van der Waals surface area contributed by atoms with E-state index in [9.17, 15) is 9.59 Å². The van der Waals surface area contributed by atoms with Crippen molar-refractivity contribution in [2.75, 3.05) is 13.7 Å². The van der Waals surface area contributed by atoms with Crippen LogP contribution in [0.5, 0.6) is 5.75 Å². The lowest BCUT2D eigenvalue weighted by atomic mass is 10.1. The van der Waals surface area contributed by atoms with Crippen LogP contribution in [0.25, 0.3) is 0 Å². The van der Waals surface area contributed by atoms with Crippen LogP contribution in [-0.2, 0) is 22.6 Å². The third kappa shape index (κ3) is 6.12. The molecule has 0 saturated heterocycles. The maximum Gasteiger partial charge on any atom is 0.242 e. The van der Waals surface area contributed by atoms with Crippen LogP contribution in [0, 0.1) is 0 Å². The summed E-state index contributed by atoms with van der Waals surface area (Å²) in [6, 6.07) is 17.1. The average Bonchev–Trinajstić information content (AvgIpc) is 2.73. The fourth-order valence-electron chi connectivity index (χ4n) is 3.18. The SMILES string of the molecule is CCNC(=O)[C@@H](CC)N(Cc1ccc(OC)cc1)C(=O)CCc1ccccc1. The second kappa shape index (κ2) is 11.1. The van der Waals surface area contributed by atoms with E-state index in [4.69, 9.17) is 4.74 Å². The zero-order valence-electron chi connectivity index (χ0n) is 17.0. The van der Waals surface area contributed by atoms with E-state index in [1.807, 2.05) is 68.4 Å². The van der Waals surface area contributed by atoms with E-state index >= 15 is 0 Å². The Balaban J connectivity index is 2.17. The number of likely N-dealkylation sites (N-methyl/N-ethyl adjacent to an activating group) is 1. The highest BCUT2D eigenvalue weighted by Crippen LogP contribution is 2.17. The van der Waals surface area contributed by atoms with Crippen LogP contribution in [-0.4, -0.2) is 36.4 Å². The second-order valence-electron chi connectivity index (χ2n) is 6.67. The van der Waals surface area contributed by atoms with Gasteiger partial charge in [-0.2, -0.15) is 0 Å². The van der Waals surface area contributed by atoms with Gasteiger partial charge in [0.05, 0.1) is 7.11 Å². The molecule has 0 saturated carbocycles. The van der Waals surface area contributed by atoms with Gasteiger partial charge >= 0.3 is 0 Å². The molecule has 0 aliphatic carbocycles. The van der Waals surface area contributed by atoms with Crippen LogP contribution in [0.1, 0.15) is 37.8 Å². The largest absolute Gasteiger partial charge is 0.497 e. The third-order valence-electron chi connectivity index (χ3n) is 4.72. The molecule has 0 heterocycles. The van der Waals surface area contributed by atoms with Crippen LogP contribution in [0.3, 0.4) is 0 Å². The van der Waals surface area contributed by atoms with E-state index in [1.165, 1.54) is 0 Å². The van der Waals surface area contributed by atoms with Crippen LogP contribution in [0.2, 0.25) is 0 Å². The fraction of sp³-hybridized carbons (Fsp3) is 0.391. The molecule has 1 N–H and O–H groups in total. The minimum absolute atomic E-state index is 0.0159. The number of amides is 2. The second-order valence-corrected chi connectivity index (χ2v) is 6.67. The quantitative estimate of drug-likeness (QED) is 0.683. The van der Waals surface area contributed by atoms with E-state index < -0.39 is 6.04 Å². The Labute approximate surface area is 167 Å². The Bertz CT molecular complexity index is 744. The number of hydrogen-bond donors (Lipinski definition) is 1. The van der Waals surface area contributed by atoms with Gasteiger partial charge in [-0.15, -0.1) is 0 Å². The van der Waals surface area contributed by atoms with Crippen molar-refractivity contribution in [1.29, 1.82) is 0 Å². The molecule has 2 amide bonds. The molecule has 5 heteroatoms. The van der Waals surface area contributed by atoms with Crippen molar-refractivity contribution in [3.05, 3.63) is 65.7 Å². The number of nitrogens with zero attached hydrogens (tertiary/aromatic N) is 1. The summed E-state index contributed by atoms with van der Waals surface area (Å²) in [4.78, 5) is 27.3. The summed E-state index contributed by atoms with van der Waals surface area (Å²) in [6.07, 6.45) is 1.60. The normalized spacial score (nSPS) is 11.5. The molecule has 0 unspecified atom stereocenters. The lowest BCUT2D eigenvalue weighted by Crippen LogP contribution is -2.49. The molecule has 2 rings (SSSR count). The van der Waals surface area contributed by atoms with Gasteiger partial charge in [-0.3, -0.25) is 9.59 Å². The highest BCUT2D eigenvalue weighted by atomic mass is 16.5. The molecule has 28 heavy (non-hydrogen) atoms. The van der Waals surface area contributed by atoms with Crippen molar-refractivity contribution in [3.8, 4) is 5.75 Å². The Kier molecular flexibility index (Phi) is 8.53. The first kappa shape index (κ1) is 21.5. The highest BCUT2D eigenvalue weighted by Gasteiger charge is 2.28. The minimum Gasteiger partial charge on any atom is -0.497 e. The monoisotopic (exact) mass is 382 g/mol. The van der Waals surface area contributed by atoms with E-state index in [2.05, 4.69) is 5.32 Å². The Morgan fingerprint density at radius 1 is 1.00 bits per heavy atom. The van der Waals surface area contributed by atoms with E-state index in [-0.39, 0.29) is 11.8 Å². The summed E-state index contributed by atoms with van der Waals surface area (Å²) in [5, 5.41) is 2.86. The summed E-state index contributed by atoms with van der Waals surface area (Å²) in [7, 11) is 1.62. The lowest BCUT2D eigenvalue weighted by molar-refractivity contribution is -0.141. The van der Waals surface area contributed by atoms with Gasteiger partial charge in [-0.1, -0.05) is 49.4 Å². The van der Waals surface area contributed by atoms with E-state index in [1.54, 1.807) is 12.0 Å². The third-order valence-corrected chi connectivity index (χ3v) is 4.72. The molecule has 0 aliphatic rings. The van der Waals surface area contributed by atoms with Gasteiger partial charge in [0.25, 0.3) is 0 Å². The molecule has 1 atom stereocenters. The average molecular weight is 383 g/mol. The standard InChI is InChI=1S/C23H30N2O3/c1-4-21(23(27)24-5-2)25(17-19-11-14-20(28-3)15-12-19)22(26)16-13-18-9-7-6-8-10-18/h6-12,14-15,21H,4-5,13,16-17H2,1-3H3,(H,24,27)/t21-/m1/s1. The van der Waals surface area contributed by atoms with Crippen molar-refractivity contribution in [1.82, 2.24) is 10.2 Å². The molecule has 0 aliphatic heterocycles.